The topological polar surface area (TPSA) is 347 Å². The molecule has 5 heterocycles. The first-order chi connectivity index (χ1) is 44.9. The standard InChI is InChI=1S/2C14H16FN3O.C13H13FN2O2.2C11H12FN5O/c2*1-18-7-6-14(17-18)12-2-4-13(5-3-12)19-10-11(8-15)9-16;14-7-10(8-15)9-18-12-3-1-11(2-4-12)13-16-5-6-17-13;2*12-5-8(6-13)7-18-10-3-1-9(2-4-10)11-14-16-17-15-11/h2*2-8H,9-10,16H2,1H3;1-7H,8-9,15H2;2*1-5H,6-7,13H2,(H,14,15,16,17)/b11-8+;11-8-;10-7-;8-5+;8-5-. The summed E-state index contributed by atoms with van der Waals surface area (Å²) >= 11 is 0. The zero-order valence-electron chi connectivity index (χ0n) is 50.1. The van der Waals surface area contributed by atoms with Crippen LogP contribution < -0.4 is 52.4 Å². The second kappa shape index (κ2) is 39.1. The number of benzene rings is 5. The maximum Gasteiger partial charge on any atom is 0.225 e. The predicted molar refractivity (Wildman–Crippen MR) is 337 cm³/mol. The highest BCUT2D eigenvalue weighted by Gasteiger charge is 2.09. The third-order valence-corrected chi connectivity index (χ3v) is 12.4. The van der Waals surface area contributed by atoms with Crippen LogP contribution in [0.2, 0.25) is 0 Å². The fourth-order valence-electron chi connectivity index (χ4n) is 7.17. The van der Waals surface area contributed by atoms with E-state index < -0.39 is 0 Å². The Labute approximate surface area is 525 Å². The second-order valence-electron chi connectivity index (χ2n) is 19.0. The van der Waals surface area contributed by atoms with E-state index in [4.69, 9.17) is 56.8 Å². The minimum absolute atomic E-state index is 0.133. The van der Waals surface area contributed by atoms with Crippen molar-refractivity contribution in [2.45, 2.75) is 0 Å². The van der Waals surface area contributed by atoms with E-state index in [9.17, 15) is 22.0 Å². The van der Waals surface area contributed by atoms with Gasteiger partial charge in [0.15, 0.2) is 0 Å². The minimum atomic E-state index is 0.133. The van der Waals surface area contributed by atoms with Crippen LogP contribution in [0.25, 0.3) is 56.7 Å². The van der Waals surface area contributed by atoms with E-state index >= 15 is 0 Å². The Kier molecular flexibility index (Phi) is 29.8. The molecule has 0 aliphatic carbocycles. The molecule has 0 saturated carbocycles. The molecule has 24 nitrogen and oxygen atoms in total. The van der Waals surface area contributed by atoms with E-state index in [2.05, 4.69) is 56.4 Å². The van der Waals surface area contributed by atoms with E-state index in [1.165, 1.54) is 6.26 Å². The van der Waals surface area contributed by atoms with Crippen LogP contribution in [0.4, 0.5) is 22.0 Å². The van der Waals surface area contributed by atoms with Gasteiger partial charge in [-0.1, -0.05) is 0 Å². The number of tetrazole rings is 2. The molecule has 29 heteroatoms. The first-order valence-corrected chi connectivity index (χ1v) is 27.9. The number of aromatic nitrogens is 13. The first kappa shape index (κ1) is 70.1. The van der Waals surface area contributed by atoms with Crippen LogP contribution >= 0.6 is 0 Å². The van der Waals surface area contributed by atoms with Gasteiger partial charge in [-0.25, -0.2) is 26.9 Å². The van der Waals surface area contributed by atoms with Crippen LogP contribution in [0.5, 0.6) is 28.7 Å². The highest BCUT2D eigenvalue weighted by atomic mass is 19.1. The lowest BCUT2D eigenvalue weighted by Gasteiger charge is -2.07. The van der Waals surface area contributed by atoms with E-state index in [1.807, 2.05) is 99.3 Å². The van der Waals surface area contributed by atoms with Gasteiger partial charge in [0.1, 0.15) is 68.0 Å². The molecule has 0 saturated heterocycles. The molecule has 0 fully saturated rings. The molecule has 5 aromatic carbocycles. The summed E-state index contributed by atoms with van der Waals surface area (Å²) in [5, 5.41) is 35.7. The molecular weight excluding hydrogens is 1200 g/mol. The van der Waals surface area contributed by atoms with Crippen LogP contribution in [0, 0.1) is 0 Å². The van der Waals surface area contributed by atoms with Crippen LogP contribution in [-0.2, 0) is 14.1 Å². The number of hydrogen-bond acceptors (Lipinski definition) is 20. The van der Waals surface area contributed by atoms with Crippen LogP contribution in [0.3, 0.4) is 0 Å². The van der Waals surface area contributed by atoms with Gasteiger partial charge in [0, 0.05) is 115 Å². The lowest BCUT2D eigenvalue weighted by Crippen LogP contribution is -2.10. The Morgan fingerprint density at radius 3 is 0.913 bits per heavy atom. The highest BCUT2D eigenvalue weighted by molar-refractivity contribution is 5.61. The molecule has 0 unspecified atom stereocenters. The Balaban J connectivity index is 0.000000183. The summed E-state index contributed by atoms with van der Waals surface area (Å²) < 4.78 is 97.1. The monoisotopic (exact) mass is 1270 g/mol. The van der Waals surface area contributed by atoms with Gasteiger partial charge in [0.2, 0.25) is 17.5 Å². The average Bonchev–Trinajstić information content (AvgIpc) is 3.18. The van der Waals surface area contributed by atoms with Gasteiger partial charge >= 0.3 is 0 Å². The zero-order valence-corrected chi connectivity index (χ0v) is 50.1. The number of nitrogens with zero attached hydrogens (tertiary/aromatic N) is 11. The van der Waals surface area contributed by atoms with Crippen molar-refractivity contribution >= 4 is 0 Å². The first-order valence-electron chi connectivity index (χ1n) is 27.9. The molecule has 0 amide bonds. The summed E-state index contributed by atoms with van der Waals surface area (Å²) in [4.78, 5) is 4.03. The number of hydrogen-bond donors (Lipinski definition) is 7. The smallest absolute Gasteiger partial charge is 0.225 e. The molecule has 0 atom stereocenters. The van der Waals surface area contributed by atoms with Crippen LogP contribution in [0.1, 0.15) is 0 Å². The number of H-pyrrole nitrogens is 2. The Morgan fingerprint density at radius 1 is 0.413 bits per heavy atom. The van der Waals surface area contributed by atoms with Gasteiger partial charge < -0.3 is 56.8 Å². The van der Waals surface area contributed by atoms with Crippen molar-refractivity contribution in [3.8, 4) is 85.5 Å². The normalized spacial score (nSPS) is 11.6. The van der Waals surface area contributed by atoms with Gasteiger partial charge in [-0.05, 0) is 144 Å². The summed E-state index contributed by atoms with van der Waals surface area (Å²) in [6, 6.07) is 40.2. The maximum atomic E-state index is 12.3. The summed E-state index contributed by atoms with van der Waals surface area (Å²) in [6.45, 7) is 1.46. The highest BCUT2D eigenvalue weighted by Crippen LogP contribution is 2.25. The molecule has 482 valence electrons. The molecule has 92 heavy (non-hydrogen) atoms. The molecule has 0 aliphatic rings. The van der Waals surface area contributed by atoms with E-state index in [0.717, 1.165) is 39.2 Å². The third-order valence-electron chi connectivity index (χ3n) is 12.4. The average molecular weight is 1270 g/mol. The van der Waals surface area contributed by atoms with Crippen molar-refractivity contribution in [3.63, 3.8) is 0 Å². The molecule has 10 rings (SSSR count). The number of nitrogens with one attached hydrogen (secondary N) is 2. The number of ether oxygens (including phenoxy) is 5. The third kappa shape index (κ3) is 23.5. The molecule has 10 aromatic rings. The Morgan fingerprint density at radius 2 is 0.696 bits per heavy atom. The summed E-state index contributed by atoms with van der Waals surface area (Å²) in [5.41, 5.74) is 35.0. The lowest BCUT2D eigenvalue weighted by atomic mass is 10.1. The van der Waals surface area contributed by atoms with E-state index in [1.54, 1.807) is 76.2 Å². The number of rotatable bonds is 25. The molecule has 12 N–H and O–H groups in total. The summed E-state index contributed by atoms with van der Waals surface area (Å²) in [6.07, 6.45) is 9.25. The zero-order chi connectivity index (χ0) is 65.7. The molecular formula is C63H69F5N18O6. The van der Waals surface area contributed by atoms with Gasteiger partial charge in [-0.3, -0.25) is 9.36 Å². The summed E-state index contributed by atoms with van der Waals surface area (Å²) in [5.74, 6) is 4.79. The van der Waals surface area contributed by atoms with E-state index in [-0.39, 0.29) is 65.8 Å². The van der Waals surface area contributed by atoms with Crippen molar-refractivity contribution in [1.29, 1.82) is 0 Å². The van der Waals surface area contributed by atoms with Gasteiger partial charge in [-0.2, -0.15) is 20.6 Å². The number of nitrogens with two attached hydrogens (primary N) is 5. The fraction of sp³-hybridized carbons (Fsp3) is 0.190. The molecule has 0 aliphatic heterocycles. The number of oxazole rings is 1. The van der Waals surface area contributed by atoms with Gasteiger partial charge in [-0.15, -0.1) is 20.4 Å². The lowest BCUT2D eigenvalue weighted by molar-refractivity contribution is 0.347. The van der Waals surface area contributed by atoms with Crippen LogP contribution in [-0.4, -0.2) is 132 Å². The summed E-state index contributed by atoms with van der Waals surface area (Å²) in [7, 11) is 3.75. The number of aryl methyl sites for hydroxylation is 2. The minimum Gasteiger partial charge on any atom is -0.489 e. The number of aromatic amines is 2. The largest absolute Gasteiger partial charge is 0.489 e. The Bertz CT molecular complexity index is 3470. The maximum absolute atomic E-state index is 12.3. The fourth-order valence-corrected chi connectivity index (χ4v) is 7.17. The quantitative estimate of drug-likeness (QED) is 0.0262. The predicted octanol–water partition coefficient (Wildman–Crippen LogP) is 9.20. The number of halogens is 5. The van der Waals surface area contributed by atoms with Crippen molar-refractivity contribution in [2.24, 2.45) is 42.8 Å². The molecule has 5 aromatic heterocycles. The molecule has 0 spiro atoms. The van der Waals surface area contributed by atoms with Crippen LogP contribution in [0.15, 0.2) is 222 Å². The van der Waals surface area contributed by atoms with E-state index in [0.29, 0.717) is 106 Å². The van der Waals surface area contributed by atoms with Gasteiger partial charge in [0.25, 0.3) is 0 Å². The van der Waals surface area contributed by atoms with Gasteiger partial charge in [0.05, 0.1) is 49.2 Å². The molecule has 0 radical (unpaired) electrons. The molecule has 0 bridgehead atoms. The Hall–Kier alpha value is -11.0. The second-order valence-corrected chi connectivity index (χ2v) is 19.0. The van der Waals surface area contributed by atoms with Crippen molar-refractivity contribution in [2.75, 3.05) is 65.8 Å². The van der Waals surface area contributed by atoms with Crippen molar-refractivity contribution in [1.82, 2.24) is 65.8 Å². The van der Waals surface area contributed by atoms with Crippen molar-refractivity contribution in [3.05, 3.63) is 218 Å². The SMILES string of the molecule is Cn1ccc(-c2ccc(OC/C(=C/F)CN)cc2)n1.Cn1ccc(-c2ccc(OC/C(=C\F)CN)cc2)n1.NC/C(=C/F)COc1ccc(-c2ncco2)cc1.NC/C(=C/F)COc1ccc(-c2nn[nH]n2)cc1.NC/C(=C\F)COc1ccc(-c2nn[nH]n2)cc1. The van der Waals surface area contributed by atoms with Crippen molar-refractivity contribution < 1.29 is 50.1 Å².